The summed E-state index contributed by atoms with van der Waals surface area (Å²) in [6.45, 7) is 0. The Balaban J connectivity index is 1.72. The van der Waals surface area contributed by atoms with Crippen LogP contribution in [-0.2, 0) is 4.79 Å². The number of nitrogens with one attached hydrogen (secondary N) is 2. The van der Waals surface area contributed by atoms with Gasteiger partial charge in [0.2, 0.25) is 5.91 Å². The van der Waals surface area contributed by atoms with Crippen LogP contribution in [0.4, 0.5) is 0 Å². The summed E-state index contributed by atoms with van der Waals surface area (Å²) in [7, 11) is 1.46. The highest BCUT2D eigenvalue weighted by atomic mass is 35.5. The topological polar surface area (TPSA) is 67.4 Å². The van der Waals surface area contributed by atoms with E-state index >= 15 is 0 Å². The van der Waals surface area contributed by atoms with Gasteiger partial charge in [-0.1, -0.05) is 29.8 Å². The van der Waals surface area contributed by atoms with Crippen LogP contribution < -0.4 is 15.6 Å². The second-order valence-corrected chi connectivity index (χ2v) is 6.72. The Kier molecular flexibility index (Phi) is 7.63. The molecule has 2 aromatic carbocycles. The molecule has 2 rings (SSSR count). The molecule has 0 saturated heterocycles. The van der Waals surface area contributed by atoms with E-state index in [4.69, 9.17) is 16.3 Å². The van der Waals surface area contributed by atoms with Crippen LogP contribution in [0.25, 0.3) is 0 Å². The molecule has 0 spiro atoms. The van der Waals surface area contributed by atoms with Gasteiger partial charge in [0.15, 0.2) is 0 Å². The van der Waals surface area contributed by atoms with Crippen LogP contribution in [0.15, 0.2) is 53.4 Å². The third-order valence-corrected chi connectivity index (χ3v) is 4.62. The Morgan fingerprint density at radius 1 is 1.12 bits per heavy atom. The minimum absolute atomic E-state index is 0.247. The van der Waals surface area contributed by atoms with Crippen LogP contribution in [0.3, 0.4) is 0 Å². The van der Waals surface area contributed by atoms with Crippen molar-refractivity contribution in [3.8, 4) is 5.75 Å². The van der Waals surface area contributed by atoms with Crippen molar-refractivity contribution in [2.45, 2.75) is 17.7 Å². The zero-order chi connectivity index (χ0) is 18.1. The number of carbonyl (C=O) groups is 2. The van der Waals surface area contributed by atoms with E-state index in [0.717, 1.165) is 5.75 Å². The molecule has 2 aromatic rings. The van der Waals surface area contributed by atoms with Crippen molar-refractivity contribution in [3.63, 3.8) is 0 Å². The fraction of sp³-hybridized carbons (Fsp3) is 0.222. The van der Waals surface area contributed by atoms with E-state index in [1.54, 1.807) is 23.9 Å². The SMILES string of the molecule is COc1ccc(Cl)cc1C(=O)NNC(=O)CCCSc1ccccc1. The fourth-order valence-corrected chi connectivity index (χ4v) is 3.10. The van der Waals surface area contributed by atoms with Gasteiger partial charge in [-0.15, -0.1) is 11.8 Å². The number of amides is 2. The second-order valence-electron chi connectivity index (χ2n) is 5.11. The monoisotopic (exact) mass is 378 g/mol. The quantitative estimate of drug-likeness (QED) is 0.438. The fourth-order valence-electron chi connectivity index (χ4n) is 2.05. The molecule has 7 heteroatoms. The van der Waals surface area contributed by atoms with Crippen molar-refractivity contribution >= 4 is 35.2 Å². The molecule has 0 aliphatic rings. The minimum atomic E-state index is -0.480. The van der Waals surface area contributed by atoms with Gasteiger partial charge in [0.25, 0.3) is 5.91 Å². The van der Waals surface area contributed by atoms with Gasteiger partial charge in [0, 0.05) is 16.3 Å². The Bertz CT molecular complexity index is 726. The molecule has 0 aliphatic heterocycles. The first-order valence-electron chi connectivity index (χ1n) is 7.70. The molecule has 0 heterocycles. The summed E-state index contributed by atoms with van der Waals surface area (Å²) in [5, 5.41) is 0.412. The maximum Gasteiger partial charge on any atom is 0.273 e. The molecular formula is C18H19ClN2O3S. The second kappa shape index (κ2) is 9.96. The molecule has 0 bridgehead atoms. The van der Waals surface area contributed by atoms with Crippen LogP contribution in [0.1, 0.15) is 23.2 Å². The number of hydrogen-bond donors (Lipinski definition) is 2. The lowest BCUT2D eigenvalue weighted by Gasteiger charge is -2.10. The van der Waals surface area contributed by atoms with E-state index in [0.29, 0.717) is 23.6 Å². The summed E-state index contributed by atoms with van der Waals surface area (Å²) in [6.07, 6.45) is 1.04. The Morgan fingerprint density at radius 3 is 2.60 bits per heavy atom. The molecule has 2 amide bonds. The number of carbonyl (C=O) groups excluding carboxylic acids is 2. The standard InChI is InChI=1S/C18H19ClN2O3S/c1-24-16-10-9-13(19)12-15(16)18(23)21-20-17(22)8-5-11-25-14-6-3-2-4-7-14/h2-4,6-7,9-10,12H,5,8,11H2,1H3,(H,20,22)(H,21,23). The van der Waals surface area contributed by atoms with Gasteiger partial charge in [-0.05, 0) is 42.5 Å². The predicted molar refractivity (Wildman–Crippen MR) is 100 cm³/mol. The lowest BCUT2D eigenvalue weighted by molar-refractivity contribution is -0.121. The van der Waals surface area contributed by atoms with E-state index in [9.17, 15) is 9.59 Å². The predicted octanol–water partition coefficient (Wildman–Crippen LogP) is 3.68. The molecule has 0 aliphatic carbocycles. The molecule has 0 fully saturated rings. The number of rotatable bonds is 7. The minimum Gasteiger partial charge on any atom is -0.496 e. The van der Waals surface area contributed by atoms with E-state index < -0.39 is 5.91 Å². The number of hydrazine groups is 1. The summed E-state index contributed by atoms with van der Waals surface area (Å²) in [5.41, 5.74) is 5.04. The summed E-state index contributed by atoms with van der Waals surface area (Å²) in [6, 6.07) is 14.7. The molecule has 25 heavy (non-hydrogen) atoms. The highest BCUT2D eigenvalue weighted by Gasteiger charge is 2.13. The van der Waals surface area contributed by atoms with E-state index in [2.05, 4.69) is 10.9 Å². The van der Waals surface area contributed by atoms with Crippen LogP contribution in [0, 0.1) is 0 Å². The van der Waals surface area contributed by atoms with Gasteiger partial charge in [0.05, 0.1) is 12.7 Å². The smallest absolute Gasteiger partial charge is 0.273 e. The van der Waals surface area contributed by atoms with Gasteiger partial charge >= 0.3 is 0 Å². The van der Waals surface area contributed by atoms with Gasteiger partial charge in [0.1, 0.15) is 5.75 Å². The van der Waals surface area contributed by atoms with Crippen LogP contribution in [-0.4, -0.2) is 24.7 Å². The first-order valence-corrected chi connectivity index (χ1v) is 9.07. The first kappa shape index (κ1) is 19.1. The molecule has 0 atom stereocenters. The number of thioether (sulfide) groups is 1. The molecule has 0 saturated carbocycles. The Hall–Kier alpha value is -2.18. The largest absolute Gasteiger partial charge is 0.496 e. The maximum atomic E-state index is 12.1. The molecule has 5 nitrogen and oxygen atoms in total. The average Bonchev–Trinajstić information content (AvgIpc) is 2.64. The first-order chi connectivity index (χ1) is 12.1. The summed E-state index contributed by atoms with van der Waals surface area (Å²) in [5.74, 6) is 0.484. The van der Waals surface area contributed by atoms with E-state index in [1.165, 1.54) is 18.1 Å². The lowest BCUT2D eigenvalue weighted by atomic mass is 10.2. The van der Waals surface area contributed by atoms with Crippen molar-refractivity contribution in [1.29, 1.82) is 0 Å². The van der Waals surface area contributed by atoms with Gasteiger partial charge in [-0.3, -0.25) is 20.4 Å². The van der Waals surface area contributed by atoms with Gasteiger partial charge in [-0.2, -0.15) is 0 Å². The van der Waals surface area contributed by atoms with Crippen LogP contribution in [0.2, 0.25) is 5.02 Å². The van der Waals surface area contributed by atoms with E-state index in [1.807, 2.05) is 30.3 Å². The number of ether oxygens (including phenoxy) is 1. The zero-order valence-corrected chi connectivity index (χ0v) is 15.3. The molecule has 0 unspecified atom stereocenters. The van der Waals surface area contributed by atoms with Crippen molar-refractivity contribution < 1.29 is 14.3 Å². The highest BCUT2D eigenvalue weighted by Crippen LogP contribution is 2.22. The van der Waals surface area contributed by atoms with Crippen LogP contribution in [0.5, 0.6) is 5.75 Å². The number of methoxy groups -OCH3 is 1. The van der Waals surface area contributed by atoms with Gasteiger partial charge in [-0.25, -0.2) is 0 Å². The van der Waals surface area contributed by atoms with Crippen LogP contribution >= 0.6 is 23.4 Å². The normalized spacial score (nSPS) is 10.2. The molecular weight excluding hydrogens is 360 g/mol. The number of halogens is 1. The van der Waals surface area contributed by atoms with Crippen molar-refractivity contribution in [2.75, 3.05) is 12.9 Å². The molecule has 0 aromatic heterocycles. The number of benzene rings is 2. The Labute approximate surface area is 156 Å². The van der Waals surface area contributed by atoms with E-state index in [-0.39, 0.29) is 11.5 Å². The number of hydrogen-bond acceptors (Lipinski definition) is 4. The lowest BCUT2D eigenvalue weighted by Crippen LogP contribution is -2.41. The Morgan fingerprint density at radius 2 is 1.88 bits per heavy atom. The third-order valence-electron chi connectivity index (χ3n) is 3.28. The van der Waals surface area contributed by atoms with Gasteiger partial charge < -0.3 is 4.74 Å². The molecule has 0 radical (unpaired) electrons. The zero-order valence-electron chi connectivity index (χ0n) is 13.8. The van der Waals surface area contributed by atoms with Crippen molar-refractivity contribution in [2.24, 2.45) is 0 Å². The summed E-state index contributed by atoms with van der Waals surface area (Å²) >= 11 is 7.58. The van der Waals surface area contributed by atoms with Crippen molar-refractivity contribution in [3.05, 3.63) is 59.1 Å². The third kappa shape index (κ3) is 6.32. The van der Waals surface area contributed by atoms with Crippen molar-refractivity contribution in [1.82, 2.24) is 10.9 Å². The molecule has 2 N–H and O–H groups in total. The highest BCUT2D eigenvalue weighted by molar-refractivity contribution is 7.99. The maximum absolute atomic E-state index is 12.1. The summed E-state index contributed by atoms with van der Waals surface area (Å²) in [4.78, 5) is 25.1. The molecule has 132 valence electrons. The summed E-state index contributed by atoms with van der Waals surface area (Å²) < 4.78 is 5.11. The average molecular weight is 379 g/mol.